The number of nitrogens with zero attached hydrogens (tertiary/aromatic N) is 1. The molecule has 2 aromatic rings. The second-order valence-electron chi connectivity index (χ2n) is 3.13. The van der Waals surface area contributed by atoms with E-state index in [-0.39, 0.29) is 5.75 Å². The molecular formula is C9H10N2O3S2. The number of aliphatic hydroxyl groups excluding tert-OH is 1. The maximum atomic E-state index is 11.4. The van der Waals surface area contributed by atoms with Crippen molar-refractivity contribution in [2.75, 3.05) is 17.1 Å². The van der Waals surface area contributed by atoms with Gasteiger partial charge in [0.1, 0.15) is 0 Å². The predicted octanol–water partition coefficient (Wildman–Crippen LogP) is 1.03. The molecule has 0 unspecified atom stereocenters. The van der Waals surface area contributed by atoms with Gasteiger partial charge in [-0.15, -0.1) is 0 Å². The minimum atomic E-state index is -3.48. The van der Waals surface area contributed by atoms with Crippen LogP contribution < -0.4 is 4.72 Å². The number of anilines is 1. The van der Waals surface area contributed by atoms with E-state index < -0.39 is 16.6 Å². The number of fused-ring (bicyclic) bond motifs is 1. The highest BCUT2D eigenvalue weighted by molar-refractivity contribution is 7.92. The van der Waals surface area contributed by atoms with Crippen LogP contribution in [0.25, 0.3) is 10.2 Å². The fourth-order valence-corrected chi connectivity index (χ4v) is 3.14. The van der Waals surface area contributed by atoms with Gasteiger partial charge in [-0.2, -0.15) is 0 Å². The zero-order valence-electron chi connectivity index (χ0n) is 8.25. The van der Waals surface area contributed by atoms with Crippen LogP contribution in [0.3, 0.4) is 0 Å². The first-order chi connectivity index (χ1) is 7.61. The van der Waals surface area contributed by atoms with E-state index in [1.807, 2.05) is 24.3 Å². The summed E-state index contributed by atoms with van der Waals surface area (Å²) < 4.78 is 26.0. The van der Waals surface area contributed by atoms with E-state index in [0.29, 0.717) is 5.13 Å². The first kappa shape index (κ1) is 11.3. The Kier molecular flexibility index (Phi) is 3.08. The van der Waals surface area contributed by atoms with Gasteiger partial charge in [0, 0.05) is 0 Å². The molecule has 0 amide bonds. The molecule has 1 aromatic heterocycles. The Bertz CT molecular complexity index is 559. The van der Waals surface area contributed by atoms with Crippen LogP contribution in [0.2, 0.25) is 0 Å². The zero-order valence-corrected chi connectivity index (χ0v) is 9.88. The average Bonchev–Trinajstić information content (AvgIpc) is 2.58. The van der Waals surface area contributed by atoms with E-state index in [1.54, 1.807) is 0 Å². The second kappa shape index (κ2) is 4.36. The highest BCUT2D eigenvalue weighted by Gasteiger charge is 2.12. The molecule has 16 heavy (non-hydrogen) atoms. The second-order valence-corrected chi connectivity index (χ2v) is 6.00. The molecule has 0 radical (unpaired) electrons. The van der Waals surface area contributed by atoms with Gasteiger partial charge in [-0.3, -0.25) is 4.72 Å². The summed E-state index contributed by atoms with van der Waals surface area (Å²) in [5.41, 5.74) is 0.759. The number of hydrogen-bond donors (Lipinski definition) is 2. The number of rotatable bonds is 4. The maximum absolute atomic E-state index is 11.4. The van der Waals surface area contributed by atoms with Crippen molar-refractivity contribution in [3.05, 3.63) is 24.3 Å². The Labute approximate surface area is 96.8 Å². The quantitative estimate of drug-likeness (QED) is 0.858. The summed E-state index contributed by atoms with van der Waals surface area (Å²) in [6.07, 6.45) is 0. The maximum Gasteiger partial charge on any atom is 0.236 e. The van der Waals surface area contributed by atoms with Crippen molar-refractivity contribution in [3.8, 4) is 0 Å². The Balaban J connectivity index is 2.28. The van der Waals surface area contributed by atoms with Gasteiger partial charge in [-0.25, -0.2) is 13.4 Å². The normalized spacial score (nSPS) is 11.8. The third kappa shape index (κ3) is 2.49. The Morgan fingerprint density at radius 2 is 2.12 bits per heavy atom. The summed E-state index contributed by atoms with van der Waals surface area (Å²) in [5.74, 6) is -0.317. The summed E-state index contributed by atoms with van der Waals surface area (Å²) in [7, 11) is -3.48. The van der Waals surface area contributed by atoms with Gasteiger partial charge in [0.15, 0.2) is 5.13 Å². The van der Waals surface area contributed by atoms with Gasteiger partial charge < -0.3 is 5.11 Å². The summed E-state index contributed by atoms with van der Waals surface area (Å²) in [6, 6.07) is 7.40. The molecule has 0 bridgehead atoms. The van der Waals surface area contributed by atoms with Crippen LogP contribution in [0.4, 0.5) is 5.13 Å². The van der Waals surface area contributed by atoms with Gasteiger partial charge in [-0.1, -0.05) is 23.5 Å². The highest BCUT2D eigenvalue weighted by atomic mass is 32.2. The van der Waals surface area contributed by atoms with Gasteiger partial charge in [-0.05, 0) is 12.1 Å². The molecule has 5 nitrogen and oxygen atoms in total. The Hall–Kier alpha value is -1.18. The van der Waals surface area contributed by atoms with E-state index in [4.69, 9.17) is 5.11 Å². The molecular weight excluding hydrogens is 248 g/mol. The van der Waals surface area contributed by atoms with Gasteiger partial charge >= 0.3 is 0 Å². The molecule has 0 fully saturated rings. The molecule has 0 spiro atoms. The predicted molar refractivity (Wildman–Crippen MR) is 64.1 cm³/mol. The number of para-hydroxylation sites is 1. The number of aliphatic hydroxyl groups is 1. The first-order valence-corrected chi connectivity index (χ1v) is 7.04. The number of thiazole rings is 1. The summed E-state index contributed by atoms with van der Waals surface area (Å²) in [5, 5.41) is 8.91. The van der Waals surface area contributed by atoms with E-state index in [0.717, 1.165) is 10.2 Å². The lowest BCUT2D eigenvalue weighted by atomic mass is 10.3. The van der Waals surface area contributed by atoms with Crippen molar-refractivity contribution in [3.63, 3.8) is 0 Å². The molecule has 0 saturated heterocycles. The highest BCUT2D eigenvalue weighted by Crippen LogP contribution is 2.25. The SMILES string of the molecule is O=S(=O)(CCO)Nc1nc2ccccc2s1. The van der Waals surface area contributed by atoms with E-state index >= 15 is 0 Å². The van der Waals surface area contributed by atoms with Gasteiger partial charge in [0.05, 0.1) is 22.6 Å². The summed E-state index contributed by atoms with van der Waals surface area (Å²) in [6.45, 7) is -0.403. The Morgan fingerprint density at radius 3 is 2.81 bits per heavy atom. The molecule has 2 N–H and O–H groups in total. The average molecular weight is 258 g/mol. The van der Waals surface area contributed by atoms with Crippen LogP contribution in [-0.4, -0.2) is 30.9 Å². The molecule has 86 valence electrons. The number of aromatic nitrogens is 1. The number of hydrogen-bond acceptors (Lipinski definition) is 5. The Morgan fingerprint density at radius 1 is 1.38 bits per heavy atom. The minimum absolute atomic E-state index is 0.317. The minimum Gasteiger partial charge on any atom is -0.395 e. The van der Waals surface area contributed by atoms with Crippen LogP contribution in [0.5, 0.6) is 0 Å². The van der Waals surface area contributed by atoms with Crippen molar-refractivity contribution in [2.24, 2.45) is 0 Å². The van der Waals surface area contributed by atoms with Gasteiger partial charge in [0.2, 0.25) is 10.0 Å². The number of sulfonamides is 1. The van der Waals surface area contributed by atoms with Crippen LogP contribution in [0.1, 0.15) is 0 Å². The van der Waals surface area contributed by atoms with Crippen molar-refractivity contribution >= 4 is 36.7 Å². The molecule has 1 heterocycles. The van der Waals surface area contributed by atoms with Crippen molar-refractivity contribution in [1.29, 1.82) is 0 Å². The molecule has 0 aliphatic heterocycles. The van der Waals surface area contributed by atoms with Crippen LogP contribution >= 0.6 is 11.3 Å². The monoisotopic (exact) mass is 258 g/mol. The van der Waals surface area contributed by atoms with E-state index in [1.165, 1.54) is 11.3 Å². The standard InChI is InChI=1S/C9H10N2O3S2/c12-5-6-16(13,14)11-9-10-7-3-1-2-4-8(7)15-9/h1-4,12H,5-6H2,(H,10,11). The zero-order chi connectivity index (χ0) is 11.6. The molecule has 2 rings (SSSR count). The van der Waals surface area contributed by atoms with Crippen LogP contribution in [0, 0.1) is 0 Å². The molecule has 1 aromatic carbocycles. The third-order valence-corrected chi connectivity index (χ3v) is 4.20. The lowest BCUT2D eigenvalue weighted by Gasteiger charge is -2.01. The third-order valence-electron chi connectivity index (χ3n) is 1.90. The largest absolute Gasteiger partial charge is 0.395 e. The van der Waals surface area contributed by atoms with Gasteiger partial charge in [0.25, 0.3) is 0 Å². The topological polar surface area (TPSA) is 79.3 Å². The molecule has 0 saturated carbocycles. The van der Waals surface area contributed by atoms with Crippen LogP contribution in [-0.2, 0) is 10.0 Å². The first-order valence-electron chi connectivity index (χ1n) is 4.58. The fourth-order valence-electron chi connectivity index (χ4n) is 1.22. The molecule has 0 aliphatic rings. The number of nitrogens with one attached hydrogen (secondary N) is 1. The molecule has 7 heteroatoms. The van der Waals surface area contributed by atoms with Crippen molar-refractivity contribution in [1.82, 2.24) is 4.98 Å². The number of benzene rings is 1. The smallest absolute Gasteiger partial charge is 0.236 e. The molecule has 0 atom stereocenters. The summed E-state index contributed by atoms with van der Waals surface area (Å²) >= 11 is 1.27. The van der Waals surface area contributed by atoms with E-state index in [2.05, 4.69) is 9.71 Å². The van der Waals surface area contributed by atoms with E-state index in [9.17, 15) is 8.42 Å². The summed E-state index contributed by atoms with van der Waals surface area (Å²) in [4.78, 5) is 4.13. The van der Waals surface area contributed by atoms with Crippen LogP contribution in [0.15, 0.2) is 24.3 Å². The lowest BCUT2D eigenvalue weighted by molar-refractivity contribution is 0.320. The fraction of sp³-hybridized carbons (Fsp3) is 0.222. The van der Waals surface area contributed by atoms with Crippen molar-refractivity contribution < 1.29 is 13.5 Å². The van der Waals surface area contributed by atoms with Crippen molar-refractivity contribution in [2.45, 2.75) is 0 Å². The lowest BCUT2D eigenvalue weighted by Crippen LogP contribution is -2.18. The molecule has 0 aliphatic carbocycles.